The summed E-state index contributed by atoms with van der Waals surface area (Å²) in [5.74, 6) is -0.803. The van der Waals surface area contributed by atoms with Crippen LogP contribution in [0.5, 0.6) is 0 Å². The molecule has 1 saturated heterocycles. The molecule has 1 heterocycles. The highest BCUT2D eigenvalue weighted by atomic mass is 32.2. The zero-order chi connectivity index (χ0) is 14.7. The van der Waals surface area contributed by atoms with E-state index in [0.29, 0.717) is 13.1 Å². The van der Waals surface area contributed by atoms with E-state index in [1.807, 2.05) is 49.3 Å². The quantitative estimate of drug-likeness (QED) is 0.865. The van der Waals surface area contributed by atoms with Gasteiger partial charge in [0.1, 0.15) is 6.04 Å². The van der Waals surface area contributed by atoms with Gasteiger partial charge in [-0.25, -0.2) is 0 Å². The Balaban J connectivity index is 2.23. The lowest BCUT2D eigenvalue weighted by Gasteiger charge is -2.38. The van der Waals surface area contributed by atoms with E-state index in [4.69, 9.17) is 4.74 Å². The number of ether oxygens (including phenoxy) is 1. The normalized spacial score (nSPS) is 25.4. The molecule has 1 N–H and O–H groups in total. The summed E-state index contributed by atoms with van der Waals surface area (Å²) in [6, 6.07) is 7.18. The number of aliphatic carboxylic acids is 1. The number of thioether (sulfide) groups is 1. The van der Waals surface area contributed by atoms with Crippen molar-refractivity contribution in [2.24, 2.45) is 0 Å². The van der Waals surface area contributed by atoms with Crippen molar-refractivity contribution in [3.05, 3.63) is 29.8 Å². The molecule has 0 spiro atoms. The molecule has 4 nitrogen and oxygen atoms in total. The number of benzene rings is 1. The van der Waals surface area contributed by atoms with E-state index < -0.39 is 12.0 Å². The number of hydrogen-bond donors (Lipinski definition) is 1. The Kier molecular flexibility index (Phi) is 5.07. The molecule has 1 aliphatic heterocycles. The van der Waals surface area contributed by atoms with E-state index in [2.05, 4.69) is 0 Å². The van der Waals surface area contributed by atoms with Crippen molar-refractivity contribution in [1.29, 1.82) is 0 Å². The van der Waals surface area contributed by atoms with Gasteiger partial charge in [-0.1, -0.05) is 12.1 Å². The first kappa shape index (κ1) is 15.4. The number of morpholine rings is 1. The van der Waals surface area contributed by atoms with Gasteiger partial charge in [-0.15, -0.1) is 11.8 Å². The SMILES string of the molecule is CSc1ccc(C(C(=O)O)N2CC(C)OC(C)C2)cc1. The second kappa shape index (κ2) is 6.61. The first-order chi connectivity index (χ1) is 9.51. The molecule has 2 rings (SSSR count). The minimum atomic E-state index is -0.803. The van der Waals surface area contributed by atoms with Gasteiger partial charge in [-0.2, -0.15) is 0 Å². The highest BCUT2D eigenvalue weighted by Gasteiger charge is 2.33. The van der Waals surface area contributed by atoms with Gasteiger partial charge in [0.25, 0.3) is 0 Å². The Labute approximate surface area is 124 Å². The molecule has 1 aliphatic rings. The Hall–Kier alpha value is -1.04. The lowest BCUT2D eigenvalue weighted by atomic mass is 10.0. The average Bonchev–Trinajstić information content (AvgIpc) is 2.38. The van der Waals surface area contributed by atoms with Gasteiger partial charge in [0, 0.05) is 18.0 Å². The first-order valence-corrected chi connectivity index (χ1v) is 8.00. The van der Waals surface area contributed by atoms with Crippen molar-refractivity contribution in [2.45, 2.75) is 37.0 Å². The average molecular weight is 295 g/mol. The summed E-state index contributed by atoms with van der Waals surface area (Å²) in [6.45, 7) is 5.26. The minimum Gasteiger partial charge on any atom is -0.480 e. The largest absolute Gasteiger partial charge is 0.480 e. The summed E-state index contributed by atoms with van der Waals surface area (Å²) >= 11 is 1.65. The van der Waals surface area contributed by atoms with Crippen LogP contribution in [0.4, 0.5) is 0 Å². The third-order valence-electron chi connectivity index (χ3n) is 3.48. The number of hydrogen-bond acceptors (Lipinski definition) is 4. The fourth-order valence-electron chi connectivity index (χ4n) is 2.72. The summed E-state index contributed by atoms with van der Waals surface area (Å²) in [6.07, 6.45) is 2.13. The second-order valence-electron chi connectivity index (χ2n) is 5.23. The van der Waals surface area contributed by atoms with Gasteiger partial charge in [0.15, 0.2) is 0 Å². The molecule has 0 radical (unpaired) electrons. The van der Waals surface area contributed by atoms with Crippen LogP contribution in [-0.2, 0) is 9.53 Å². The molecule has 3 atom stereocenters. The molecule has 3 unspecified atom stereocenters. The van der Waals surface area contributed by atoms with E-state index in [9.17, 15) is 9.90 Å². The van der Waals surface area contributed by atoms with Crippen LogP contribution in [0.25, 0.3) is 0 Å². The van der Waals surface area contributed by atoms with Crippen molar-refractivity contribution < 1.29 is 14.6 Å². The predicted molar refractivity (Wildman–Crippen MR) is 80.2 cm³/mol. The van der Waals surface area contributed by atoms with Crippen LogP contribution in [-0.4, -0.2) is 47.5 Å². The van der Waals surface area contributed by atoms with Gasteiger partial charge in [0.2, 0.25) is 0 Å². The zero-order valence-corrected chi connectivity index (χ0v) is 12.9. The van der Waals surface area contributed by atoms with Crippen molar-refractivity contribution in [2.75, 3.05) is 19.3 Å². The Morgan fingerprint density at radius 3 is 2.30 bits per heavy atom. The smallest absolute Gasteiger partial charge is 0.325 e. The van der Waals surface area contributed by atoms with Crippen LogP contribution in [0.1, 0.15) is 25.5 Å². The molecule has 110 valence electrons. The topological polar surface area (TPSA) is 49.8 Å². The van der Waals surface area contributed by atoms with Crippen molar-refractivity contribution in [3.63, 3.8) is 0 Å². The Bertz CT molecular complexity index is 453. The highest BCUT2D eigenvalue weighted by Crippen LogP contribution is 2.27. The monoisotopic (exact) mass is 295 g/mol. The third kappa shape index (κ3) is 3.53. The number of nitrogens with zero attached hydrogens (tertiary/aromatic N) is 1. The zero-order valence-electron chi connectivity index (χ0n) is 12.1. The summed E-state index contributed by atoms with van der Waals surface area (Å²) in [5.41, 5.74) is 0.830. The van der Waals surface area contributed by atoms with Gasteiger partial charge in [0.05, 0.1) is 12.2 Å². The van der Waals surface area contributed by atoms with Crippen LogP contribution in [0.15, 0.2) is 29.2 Å². The summed E-state index contributed by atoms with van der Waals surface area (Å²) in [7, 11) is 0. The molecule has 0 aliphatic carbocycles. The van der Waals surface area contributed by atoms with Crippen LogP contribution in [0.3, 0.4) is 0 Å². The molecule has 0 bridgehead atoms. The molecule has 1 fully saturated rings. The molecule has 0 saturated carbocycles. The van der Waals surface area contributed by atoms with E-state index in [1.165, 1.54) is 0 Å². The molecular weight excluding hydrogens is 274 g/mol. The summed E-state index contributed by atoms with van der Waals surface area (Å²) in [5, 5.41) is 9.59. The maximum atomic E-state index is 11.7. The van der Waals surface area contributed by atoms with Crippen LogP contribution in [0.2, 0.25) is 0 Å². The third-order valence-corrected chi connectivity index (χ3v) is 4.22. The molecule has 1 aromatic carbocycles. The number of carboxylic acid groups (broad SMARTS) is 1. The van der Waals surface area contributed by atoms with Gasteiger partial charge in [-0.05, 0) is 37.8 Å². The summed E-state index contributed by atoms with van der Waals surface area (Å²) in [4.78, 5) is 14.8. The second-order valence-corrected chi connectivity index (χ2v) is 6.10. The maximum absolute atomic E-state index is 11.7. The number of rotatable bonds is 4. The molecule has 1 aromatic rings. The molecule has 20 heavy (non-hydrogen) atoms. The fraction of sp³-hybridized carbons (Fsp3) is 0.533. The van der Waals surface area contributed by atoms with E-state index in [-0.39, 0.29) is 12.2 Å². The lowest BCUT2D eigenvalue weighted by molar-refractivity contribution is -0.149. The van der Waals surface area contributed by atoms with E-state index in [0.717, 1.165) is 10.5 Å². The number of carbonyl (C=O) groups is 1. The first-order valence-electron chi connectivity index (χ1n) is 6.77. The lowest BCUT2D eigenvalue weighted by Crippen LogP contribution is -2.48. The van der Waals surface area contributed by atoms with Gasteiger partial charge >= 0.3 is 5.97 Å². The fourth-order valence-corrected chi connectivity index (χ4v) is 3.13. The predicted octanol–water partition coefficient (Wildman–Crippen LogP) is 2.64. The highest BCUT2D eigenvalue weighted by molar-refractivity contribution is 7.98. The van der Waals surface area contributed by atoms with Gasteiger partial charge < -0.3 is 9.84 Å². The molecule has 0 amide bonds. The van der Waals surface area contributed by atoms with Crippen molar-refractivity contribution in [3.8, 4) is 0 Å². The van der Waals surface area contributed by atoms with E-state index >= 15 is 0 Å². The number of carboxylic acids is 1. The van der Waals surface area contributed by atoms with Crippen molar-refractivity contribution >= 4 is 17.7 Å². The molecule has 0 aromatic heterocycles. The van der Waals surface area contributed by atoms with Crippen LogP contribution in [0, 0.1) is 0 Å². The van der Waals surface area contributed by atoms with Crippen LogP contribution >= 0.6 is 11.8 Å². The Morgan fingerprint density at radius 2 is 1.85 bits per heavy atom. The minimum absolute atomic E-state index is 0.0612. The summed E-state index contributed by atoms with van der Waals surface area (Å²) < 4.78 is 5.68. The molecule has 5 heteroatoms. The Morgan fingerprint density at radius 1 is 1.30 bits per heavy atom. The van der Waals surface area contributed by atoms with Crippen LogP contribution < -0.4 is 0 Å². The van der Waals surface area contributed by atoms with Crippen molar-refractivity contribution in [1.82, 2.24) is 4.90 Å². The van der Waals surface area contributed by atoms with E-state index in [1.54, 1.807) is 11.8 Å². The maximum Gasteiger partial charge on any atom is 0.325 e. The standard InChI is InChI=1S/C15H21NO3S/c1-10-8-16(9-11(2)19-10)14(15(17)18)12-4-6-13(20-3)7-5-12/h4-7,10-11,14H,8-9H2,1-3H3,(H,17,18). The van der Waals surface area contributed by atoms with Gasteiger partial charge in [-0.3, -0.25) is 9.69 Å². The molecular formula is C15H21NO3S.